The summed E-state index contributed by atoms with van der Waals surface area (Å²) in [6.07, 6.45) is 1.18. The molecular weight excluding hydrogens is 162 g/mol. The maximum absolute atomic E-state index is 10.7. The number of carboxylic acid groups (broad SMARTS) is 2. The summed E-state index contributed by atoms with van der Waals surface area (Å²) >= 11 is 0. The van der Waals surface area contributed by atoms with Gasteiger partial charge in [0.15, 0.2) is 5.41 Å². The highest BCUT2D eigenvalue weighted by atomic mass is 16.4. The highest BCUT2D eigenvalue weighted by Gasteiger charge is 2.54. The Balaban J connectivity index is 3.01. The van der Waals surface area contributed by atoms with E-state index >= 15 is 0 Å². The van der Waals surface area contributed by atoms with Gasteiger partial charge in [-0.05, 0) is 12.8 Å². The average molecular weight is 173 g/mol. The summed E-state index contributed by atoms with van der Waals surface area (Å²) in [6.45, 7) is 0. The second-order valence-corrected chi connectivity index (χ2v) is 3.08. The van der Waals surface area contributed by atoms with E-state index in [1.807, 2.05) is 0 Å². The van der Waals surface area contributed by atoms with Crippen molar-refractivity contribution in [2.45, 2.75) is 25.3 Å². The Labute approximate surface area is 69.2 Å². The third kappa shape index (κ3) is 0.972. The molecule has 1 fully saturated rings. The van der Waals surface area contributed by atoms with Gasteiger partial charge in [0, 0.05) is 6.04 Å². The van der Waals surface area contributed by atoms with Gasteiger partial charge >= 0.3 is 11.9 Å². The van der Waals surface area contributed by atoms with Crippen LogP contribution in [0.4, 0.5) is 0 Å². The molecular formula is C7H11NO4. The third-order valence-corrected chi connectivity index (χ3v) is 2.48. The van der Waals surface area contributed by atoms with E-state index in [2.05, 4.69) is 0 Å². The maximum atomic E-state index is 10.7. The standard InChI is InChI=1S/C7H11NO4/c8-4-2-1-3-7(4,5(9)10)6(11)12/h4H,1-3,8H2,(H,9,10)(H,11,12). The molecule has 1 rings (SSSR count). The van der Waals surface area contributed by atoms with Crippen molar-refractivity contribution < 1.29 is 19.8 Å². The molecule has 1 aliphatic carbocycles. The highest BCUT2D eigenvalue weighted by molar-refractivity contribution is 5.99. The molecule has 0 radical (unpaired) electrons. The zero-order valence-corrected chi connectivity index (χ0v) is 6.49. The summed E-state index contributed by atoms with van der Waals surface area (Å²) in [6, 6.07) is -0.757. The Kier molecular flexibility index (Phi) is 2.06. The first kappa shape index (κ1) is 8.99. The summed E-state index contributed by atoms with van der Waals surface area (Å²) in [4.78, 5) is 21.4. The SMILES string of the molecule is NC1CCCC1(C(=O)O)C(=O)O. The molecule has 0 aromatic heterocycles. The number of nitrogens with two attached hydrogens (primary N) is 1. The predicted molar refractivity (Wildman–Crippen MR) is 39.5 cm³/mol. The quantitative estimate of drug-likeness (QED) is 0.495. The Bertz CT molecular complexity index is 211. The molecule has 1 unspecified atom stereocenters. The van der Waals surface area contributed by atoms with Crippen molar-refractivity contribution in [1.29, 1.82) is 0 Å². The van der Waals surface area contributed by atoms with Crippen LogP contribution < -0.4 is 5.73 Å². The Morgan fingerprint density at radius 2 is 1.83 bits per heavy atom. The summed E-state index contributed by atoms with van der Waals surface area (Å²) in [5.74, 6) is -2.64. The van der Waals surface area contributed by atoms with Crippen LogP contribution in [0.3, 0.4) is 0 Å². The second kappa shape index (κ2) is 2.75. The summed E-state index contributed by atoms with van der Waals surface area (Å²) < 4.78 is 0. The normalized spacial score (nSPS) is 26.9. The molecule has 0 heterocycles. The number of rotatable bonds is 2. The molecule has 1 saturated carbocycles. The molecule has 0 bridgehead atoms. The molecule has 5 heteroatoms. The molecule has 5 nitrogen and oxygen atoms in total. The van der Waals surface area contributed by atoms with Crippen molar-refractivity contribution in [2.75, 3.05) is 0 Å². The van der Waals surface area contributed by atoms with Crippen LogP contribution in [0.15, 0.2) is 0 Å². The number of aliphatic carboxylic acids is 2. The van der Waals surface area contributed by atoms with Crippen LogP contribution in [-0.2, 0) is 9.59 Å². The van der Waals surface area contributed by atoms with E-state index in [4.69, 9.17) is 15.9 Å². The molecule has 4 N–H and O–H groups in total. The smallest absolute Gasteiger partial charge is 0.322 e. The van der Waals surface area contributed by atoms with Crippen LogP contribution in [0, 0.1) is 5.41 Å². The van der Waals surface area contributed by atoms with Gasteiger partial charge in [-0.1, -0.05) is 6.42 Å². The van der Waals surface area contributed by atoms with Crippen molar-refractivity contribution in [1.82, 2.24) is 0 Å². The van der Waals surface area contributed by atoms with Crippen molar-refractivity contribution in [2.24, 2.45) is 11.1 Å². The lowest BCUT2D eigenvalue weighted by Crippen LogP contribution is -2.49. The van der Waals surface area contributed by atoms with Crippen LogP contribution in [-0.4, -0.2) is 28.2 Å². The van der Waals surface area contributed by atoms with Crippen molar-refractivity contribution in [3.63, 3.8) is 0 Å². The van der Waals surface area contributed by atoms with Gasteiger partial charge in [0.25, 0.3) is 0 Å². The van der Waals surface area contributed by atoms with E-state index in [0.29, 0.717) is 12.8 Å². The second-order valence-electron chi connectivity index (χ2n) is 3.08. The molecule has 68 valence electrons. The lowest BCUT2D eigenvalue weighted by Gasteiger charge is -2.23. The Hall–Kier alpha value is -1.10. The molecule has 0 spiro atoms. The Morgan fingerprint density at radius 3 is 2.00 bits per heavy atom. The van der Waals surface area contributed by atoms with Gasteiger partial charge in [-0.2, -0.15) is 0 Å². The van der Waals surface area contributed by atoms with E-state index in [1.54, 1.807) is 0 Å². The molecule has 1 atom stereocenters. The number of carboxylic acids is 2. The van der Waals surface area contributed by atoms with Crippen LogP contribution in [0.25, 0.3) is 0 Å². The minimum atomic E-state index is -1.74. The van der Waals surface area contributed by atoms with Gasteiger partial charge in [-0.15, -0.1) is 0 Å². The lowest BCUT2D eigenvalue weighted by molar-refractivity contribution is -0.165. The molecule has 0 amide bonds. The maximum Gasteiger partial charge on any atom is 0.322 e. The van der Waals surface area contributed by atoms with Crippen LogP contribution in [0.5, 0.6) is 0 Å². The zero-order valence-electron chi connectivity index (χ0n) is 6.49. The number of carbonyl (C=O) groups is 2. The molecule has 12 heavy (non-hydrogen) atoms. The topological polar surface area (TPSA) is 101 Å². The number of hydrogen-bond donors (Lipinski definition) is 3. The van der Waals surface area contributed by atoms with Gasteiger partial charge in [-0.25, -0.2) is 0 Å². The fraction of sp³-hybridized carbons (Fsp3) is 0.714. The average Bonchev–Trinajstić information content (AvgIpc) is 2.31. The van der Waals surface area contributed by atoms with Crippen molar-refractivity contribution in [3.05, 3.63) is 0 Å². The largest absolute Gasteiger partial charge is 0.480 e. The van der Waals surface area contributed by atoms with Gasteiger partial charge in [-0.3, -0.25) is 9.59 Å². The molecule has 0 saturated heterocycles. The van der Waals surface area contributed by atoms with E-state index in [-0.39, 0.29) is 6.42 Å². The minimum Gasteiger partial charge on any atom is -0.480 e. The van der Waals surface area contributed by atoms with Crippen LogP contribution >= 0.6 is 0 Å². The minimum absolute atomic E-state index is 0.138. The van der Waals surface area contributed by atoms with Gasteiger partial charge in [0.2, 0.25) is 0 Å². The van der Waals surface area contributed by atoms with E-state index in [0.717, 1.165) is 0 Å². The summed E-state index contributed by atoms with van der Waals surface area (Å²) in [5.41, 5.74) is 3.72. The highest BCUT2D eigenvalue weighted by Crippen LogP contribution is 2.37. The van der Waals surface area contributed by atoms with Gasteiger partial charge in [0.1, 0.15) is 0 Å². The zero-order chi connectivity index (χ0) is 9.35. The number of hydrogen-bond acceptors (Lipinski definition) is 3. The predicted octanol–water partition coefficient (Wildman–Crippen LogP) is -0.347. The van der Waals surface area contributed by atoms with Crippen molar-refractivity contribution >= 4 is 11.9 Å². The fourth-order valence-corrected chi connectivity index (χ4v) is 1.66. The fourth-order valence-electron chi connectivity index (χ4n) is 1.66. The molecule has 1 aliphatic rings. The van der Waals surface area contributed by atoms with Crippen molar-refractivity contribution in [3.8, 4) is 0 Å². The van der Waals surface area contributed by atoms with Crippen LogP contribution in [0.2, 0.25) is 0 Å². The summed E-state index contributed by atoms with van der Waals surface area (Å²) in [7, 11) is 0. The first-order chi connectivity index (χ1) is 5.51. The molecule has 0 aromatic rings. The van der Waals surface area contributed by atoms with E-state index in [9.17, 15) is 9.59 Å². The molecule has 0 aliphatic heterocycles. The summed E-state index contributed by atoms with van der Waals surface area (Å²) in [5, 5.41) is 17.5. The van der Waals surface area contributed by atoms with E-state index in [1.165, 1.54) is 0 Å². The monoisotopic (exact) mass is 173 g/mol. The Morgan fingerprint density at radius 1 is 1.33 bits per heavy atom. The van der Waals surface area contributed by atoms with Gasteiger partial charge < -0.3 is 15.9 Å². The third-order valence-electron chi connectivity index (χ3n) is 2.48. The van der Waals surface area contributed by atoms with Gasteiger partial charge in [0.05, 0.1) is 0 Å². The van der Waals surface area contributed by atoms with E-state index < -0.39 is 23.4 Å². The molecule has 0 aromatic carbocycles. The lowest BCUT2D eigenvalue weighted by atomic mass is 9.83. The first-order valence-electron chi connectivity index (χ1n) is 3.74. The first-order valence-corrected chi connectivity index (χ1v) is 3.74. The van der Waals surface area contributed by atoms with Crippen LogP contribution in [0.1, 0.15) is 19.3 Å².